The highest BCUT2D eigenvalue weighted by Crippen LogP contribution is 2.30. The van der Waals surface area contributed by atoms with Crippen LogP contribution in [0.15, 0.2) is 48.5 Å². The molecule has 0 radical (unpaired) electrons. The molecule has 28 heavy (non-hydrogen) atoms. The molecule has 1 unspecified atom stereocenters. The first-order valence-corrected chi connectivity index (χ1v) is 9.62. The summed E-state index contributed by atoms with van der Waals surface area (Å²) >= 11 is 0. The first-order chi connectivity index (χ1) is 13.6. The fourth-order valence-electron chi connectivity index (χ4n) is 3.75. The van der Waals surface area contributed by atoms with E-state index in [1.807, 2.05) is 54.6 Å². The van der Waals surface area contributed by atoms with Gasteiger partial charge in [-0.3, -0.25) is 4.79 Å². The van der Waals surface area contributed by atoms with Gasteiger partial charge in [-0.2, -0.15) is 0 Å². The summed E-state index contributed by atoms with van der Waals surface area (Å²) in [5.74, 6) is 0.781. The molecule has 0 fully saturated rings. The number of carbonyl (C=O) groups is 1. The van der Waals surface area contributed by atoms with E-state index in [0.717, 1.165) is 47.2 Å². The van der Waals surface area contributed by atoms with Crippen molar-refractivity contribution in [3.05, 3.63) is 65.4 Å². The number of ether oxygens (including phenoxy) is 1. The summed E-state index contributed by atoms with van der Waals surface area (Å²) in [6, 6.07) is 14.0. The third-order valence-corrected chi connectivity index (χ3v) is 5.24. The third-order valence-electron chi connectivity index (χ3n) is 5.24. The van der Waals surface area contributed by atoms with Gasteiger partial charge in [-0.05, 0) is 60.7 Å². The number of rotatable bonds is 5. The Kier molecular flexibility index (Phi) is 5.17. The highest BCUT2D eigenvalue weighted by Gasteiger charge is 2.20. The minimum atomic E-state index is -0.0368. The van der Waals surface area contributed by atoms with E-state index in [-0.39, 0.29) is 11.9 Å². The van der Waals surface area contributed by atoms with Crippen molar-refractivity contribution in [1.29, 1.82) is 0 Å². The summed E-state index contributed by atoms with van der Waals surface area (Å²) in [7, 11) is 1.64. The smallest absolute Gasteiger partial charge is 0.228 e. The Hall–Kier alpha value is -3.05. The van der Waals surface area contributed by atoms with E-state index in [2.05, 4.69) is 10.3 Å². The zero-order valence-corrected chi connectivity index (χ0v) is 16.0. The van der Waals surface area contributed by atoms with Gasteiger partial charge >= 0.3 is 0 Å². The average Bonchev–Trinajstić information content (AvgIpc) is 3.06. The summed E-state index contributed by atoms with van der Waals surface area (Å²) in [6.07, 6.45) is 7.02. The summed E-state index contributed by atoms with van der Waals surface area (Å²) in [5.41, 5.74) is 11.7. The first-order valence-electron chi connectivity index (χ1n) is 9.62. The van der Waals surface area contributed by atoms with E-state index in [1.165, 1.54) is 11.3 Å². The number of nitrogens with one attached hydrogen (secondary N) is 2. The van der Waals surface area contributed by atoms with E-state index in [9.17, 15) is 4.79 Å². The topological polar surface area (TPSA) is 80.1 Å². The predicted molar refractivity (Wildman–Crippen MR) is 114 cm³/mol. The molecule has 5 nitrogen and oxygen atoms in total. The van der Waals surface area contributed by atoms with E-state index in [4.69, 9.17) is 10.5 Å². The minimum absolute atomic E-state index is 0.0368. The number of H-pyrrole nitrogens is 1. The van der Waals surface area contributed by atoms with Gasteiger partial charge in [0.25, 0.3) is 0 Å². The van der Waals surface area contributed by atoms with Crippen LogP contribution in [-0.4, -0.2) is 24.0 Å². The van der Waals surface area contributed by atoms with E-state index >= 15 is 0 Å². The molecule has 0 saturated heterocycles. The lowest BCUT2D eigenvalue weighted by Gasteiger charge is -2.18. The van der Waals surface area contributed by atoms with Crippen LogP contribution in [0.4, 0.5) is 5.69 Å². The van der Waals surface area contributed by atoms with Crippen LogP contribution in [0.1, 0.15) is 29.7 Å². The lowest BCUT2D eigenvalue weighted by atomic mass is 9.92. The molecule has 0 bridgehead atoms. The van der Waals surface area contributed by atoms with Crippen LogP contribution in [0.3, 0.4) is 0 Å². The zero-order chi connectivity index (χ0) is 19.5. The van der Waals surface area contributed by atoms with Crippen LogP contribution >= 0.6 is 0 Å². The molecule has 1 aliphatic carbocycles. The highest BCUT2D eigenvalue weighted by molar-refractivity contribution is 5.96. The Bertz CT molecular complexity index is 1020. The lowest BCUT2D eigenvalue weighted by molar-refractivity contribution is -0.115. The SMILES string of the molecule is COc1ccc(/C=C/CC(=O)Nc2ccc3[nH]c4c(c3c2)CC(N)CC4)cc1. The van der Waals surface area contributed by atoms with Crippen LogP contribution in [-0.2, 0) is 17.6 Å². The summed E-state index contributed by atoms with van der Waals surface area (Å²) in [5, 5.41) is 4.15. The number of hydrogen-bond acceptors (Lipinski definition) is 3. The molecule has 3 aromatic rings. The van der Waals surface area contributed by atoms with Gasteiger partial charge in [-0.1, -0.05) is 24.3 Å². The molecule has 144 valence electrons. The molecule has 1 aromatic heterocycles. The molecule has 4 rings (SSSR count). The monoisotopic (exact) mass is 375 g/mol. The van der Waals surface area contributed by atoms with Gasteiger partial charge in [-0.15, -0.1) is 0 Å². The van der Waals surface area contributed by atoms with Crippen molar-refractivity contribution >= 4 is 28.6 Å². The molecule has 1 atom stereocenters. The van der Waals surface area contributed by atoms with Crippen molar-refractivity contribution < 1.29 is 9.53 Å². The van der Waals surface area contributed by atoms with Gasteiger partial charge < -0.3 is 20.8 Å². The molecular weight excluding hydrogens is 350 g/mol. The average molecular weight is 375 g/mol. The first kappa shape index (κ1) is 18.3. The van der Waals surface area contributed by atoms with Gasteiger partial charge in [0.1, 0.15) is 5.75 Å². The molecule has 1 amide bonds. The fraction of sp³-hybridized carbons (Fsp3) is 0.261. The number of fused-ring (bicyclic) bond motifs is 3. The Morgan fingerprint density at radius 2 is 2.11 bits per heavy atom. The van der Waals surface area contributed by atoms with Gasteiger partial charge in [0, 0.05) is 34.7 Å². The van der Waals surface area contributed by atoms with Crippen molar-refractivity contribution in [2.75, 3.05) is 12.4 Å². The van der Waals surface area contributed by atoms with Gasteiger partial charge in [-0.25, -0.2) is 0 Å². The van der Waals surface area contributed by atoms with Crippen LogP contribution in [0.2, 0.25) is 0 Å². The third kappa shape index (κ3) is 3.94. The number of aromatic amines is 1. The maximum Gasteiger partial charge on any atom is 0.228 e. The molecule has 2 aromatic carbocycles. The standard InChI is InChI=1S/C23H25N3O2/c1-28-18-9-5-15(6-10-18)3-2-4-23(27)25-17-8-12-22-20(14-17)19-13-16(24)7-11-21(19)26-22/h2-3,5-6,8-10,12,14,16,26H,4,7,11,13,24H2,1H3,(H,25,27)/b3-2+. The molecular formula is C23H25N3O2. The highest BCUT2D eigenvalue weighted by atomic mass is 16.5. The summed E-state index contributed by atoms with van der Waals surface area (Å²) in [6.45, 7) is 0. The van der Waals surface area contributed by atoms with E-state index in [1.54, 1.807) is 7.11 Å². The summed E-state index contributed by atoms with van der Waals surface area (Å²) in [4.78, 5) is 15.8. The van der Waals surface area contributed by atoms with Crippen LogP contribution in [0.5, 0.6) is 5.75 Å². The van der Waals surface area contributed by atoms with Crippen molar-refractivity contribution in [3.63, 3.8) is 0 Å². The predicted octanol–water partition coefficient (Wildman–Crippen LogP) is 4.03. The van der Waals surface area contributed by atoms with Crippen molar-refractivity contribution in [1.82, 2.24) is 4.98 Å². The van der Waals surface area contributed by atoms with Crippen molar-refractivity contribution in [2.24, 2.45) is 5.73 Å². The number of methoxy groups -OCH3 is 1. The number of benzene rings is 2. The molecule has 0 saturated carbocycles. The van der Waals surface area contributed by atoms with E-state index in [0.29, 0.717) is 6.42 Å². The Morgan fingerprint density at radius 1 is 1.29 bits per heavy atom. The van der Waals surface area contributed by atoms with Gasteiger partial charge in [0.2, 0.25) is 5.91 Å². The van der Waals surface area contributed by atoms with Crippen LogP contribution < -0.4 is 15.8 Å². The molecule has 0 aliphatic heterocycles. The Balaban J connectivity index is 1.41. The van der Waals surface area contributed by atoms with E-state index < -0.39 is 0 Å². The maximum absolute atomic E-state index is 12.3. The Morgan fingerprint density at radius 3 is 2.89 bits per heavy atom. The minimum Gasteiger partial charge on any atom is -0.497 e. The number of aryl methyl sites for hydroxylation is 1. The molecule has 1 heterocycles. The number of nitrogens with two attached hydrogens (primary N) is 1. The number of hydrogen-bond donors (Lipinski definition) is 3. The zero-order valence-electron chi connectivity index (χ0n) is 16.0. The maximum atomic E-state index is 12.3. The number of anilines is 1. The Labute approximate surface area is 164 Å². The second kappa shape index (κ2) is 7.90. The van der Waals surface area contributed by atoms with Gasteiger partial charge in [0.15, 0.2) is 0 Å². The molecule has 1 aliphatic rings. The number of carbonyl (C=O) groups excluding carboxylic acids is 1. The molecule has 0 spiro atoms. The van der Waals surface area contributed by atoms with Gasteiger partial charge in [0.05, 0.1) is 7.11 Å². The van der Waals surface area contributed by atoms with Crippen molar-refractivity contribution in [2.45, 2.75) is 31.7 Å². The lowest BCUT2D eigenvalue weighted by Crippen LogP contribution is -2.27. The second-order valence-electron chi connectivity index (χ2n) is 7.27. The van der Waals surface area contributed by atoms with Crippen molar-refractivity contribution in [3.8, 4) is 5.75 Å². The largest absolute Gasteiger partial charge is 0.497 e. The molecule has 4 N–H and O–H groups in total. The fourth-order valence-corrected chi connectivity index (χ4v) is 3.75. The quantitative estimate of drug-likeness (QED) is 0.630. The number of amides is 1. The summed E-state index contributed by atoms with van der Waals surface area (Å²) < 4.78 is 5.15. The van der Waals surface area contributed by atoms with Crippen LogP contribution in [0, 0.1) is 0 Å². The number of aromatic nitrogens is 1. The molecule has 5 heteroatoms. The normalized spacial score (nSPS) is 16.3. The second-order valence-corrected chi connectivity index (χ2v) is 7.27. The van der Waals surface area contributed by atoms with Crippen LogP contribution in [0.25, 0.3) is 17.0 Å².